The third-order valence-corrected chi connectivity index (χ3v) is 5.22. The van der Waals surface area contributed by atoms with Gasteiger partial charge in [0, 0.05) is 13.2 Å². The fraction of sp³-hybridized carbons (Fsp3) is 1.00. The molecule has 0 radical (unpaired) electrons. The highest BCUT2D eigenvalue weighted by Crippen LogP contribution is 2.40. The van der Waals surface area contributed by atoms with Gasteiger partial charge in [-0.15, -0.1) is 0 Å². The van der Waals surface area contributed by atoms with Gasteiger partial charge in [-0.05, 0) is 19.3 Å². The molecule has 3 atom stereocenters. The molecule has 0 rings (SSSR count). The van der Waals surface area contributed by atoms with Crippen molar-refractivity contribution >= 4 is 7.82 Å². The summed E-state index contributed by atoms with van der Waals surface area (Å²) >= 11 is 0. The number of phosphoric acid groups is 1. The molecule has 0 saturated heterocycles. The van der Waals surface area contributed by atoms with Crippen LogP contribution >= 0.6 is 7.82 Å². The van der Waals surface area contributed by atoms with Gasteiger partial charge in [-0.25, -0.2) is 0 Å². The number of nitrogens with zero attached hydrogens (tertiary/aromatic N) is 1. The Hall–Kier alpha value is -0.0100. The van der Waals surface area contributed by atoms with Gasteiger partial charge >= 0.3 is 0 Å². The number of rotatable bonds is 19. The highest BCUT2D eigenvalue weighted by Gasteiger charge is 2.24. The lowest BCUT2D eigenvalue weighted by molar-refractivity contribution is -0.873. The van der Waals surface area contributed by atoms with Crippen LogP contribution in [0, 0.1) is 0 Å². The van der Waals surface area contributed by atoms with Gasteiger partial charge in [-0.2, -0.15) is 0 Å². The van der Waals surface area contributed by atoms with Crippen molar-refractivity contribution in [2.24, 2.45) is 0 Å². The third kappa shape index (κ3) is 16.9. The van der Waals surface area contributed by atoms with Crippen LogP contribution in [-0.2, 0) is 23.1 Å². The fourth-order valence-electron chi connectivity index (χ4n) is 2.65. The summed E-state index contributed by atoms with van der Waals surface area (Å²) < 4.78 is 34.7. The van der Waals surface area contributed by atoms with Crippen LogP contribution in [0.3, 0.4) is 0 Å². The topological polar surface area (TPSA) is 77.1 Å². The molecular formula is C20H44NO6P. The van der Waals surface area contributed by atoms with Crippen LogP contribution in [0.5, 0.6) is 0 Å². The van der Waals surface area contributed by atoms with Gasteiger partial charge in [0.2, 0.25) is 0 Å². The maximum atomic E-state index is 12.3. The van der Waals surface area contributed by atoms with E-state index in [0.717, 1.165) is 38.5 Å². The normalized spacial score (nSPS) is 16.7. The Labute approximate surface area is 172 Å². The molecule has 0 aromatic heterocycles. The molecule has 7 nitrogen and oxygen atoms in total. The third-order valence-electron chi connectivity index (χ3n) is 4.20. The van der Waals surface area contributed by atoms with E-state index in [1.165, 1.54) is 0 Å². The summed E-state index contributed by atoms with van der Waals surface area (Å²) in [7, 11) is 1.60. The molecule has 0 aromatic carbocycles. The fourth-order valence-corrected chi connectivity index (χ4v) is 3.64. The van der Waals surface area contributed by atoms with Crippen molar-refractivity contribution in [3.05, 3.63) is 0 Å². The minimum absolute atomic E-state index is 0.0819. The highest BCUT2D eigenvalue weighted by molar-refractivity contribution is 7.45. The number of quaternary nitrogens is 1. The van der Waals surface area contributed by atoms with Gasteiger partial charge in [0.15, 0.2) is 0 Å². The Balaban J connectivity index is 4.51. The molecule has 0 aliphatic heterocycles. The van der Waals surface area contributed by atoms with Gasteiger partial charge < -0.3 is 27.9 Å². The van der Waals surface area contributed by atoms with E-state index in [-0.39, 0.29) is 6.61 Å². The minimum atomic E-state index is -4.40. The molecule has 0 aliphatic rings. The van der Waals surface area contributed by atoms with Gasteiger partial charge in [0.25, 0.3) is 7.82 Å². The van der Waals surface area contributed by atoms with Crippen molar-refractivity contribution in [1.82, 2.24) is 0 Å². The first kappa shape index (κ1) is 28.0. The van der Waals surface area contributed by atoms with Crippen LogP contribution in [0.1, 0.15) is 65.7 Å². The van der Waals surface area contributed by atoms with Gasteiger partial charge in [0.1, 0.15) is 18.8 Å². The van der Waals surface area contributed by atoms with Crippen LogP contribution < -0.4 is 4.89 Å². The van der Waals surface area contributed by atoms with E-state index in [0.29, 0.717) is 37.3 Å². The first-order valence-electron chi connectivity index (χ1n) is 10.8. The lowest BCUT2D eigenvalue weighted by Crippen LogP contribution is -2.42. The van der Waals surface area contributed by atoms with E-state index in [4.69, 9.17) is 18.5 Å². The smallest absolute Gasteiger partial charge is 0.268 e. The molecule has 0 amide bonds. The van der Waals surface area contributed by atoms with Gasteiger partial charge in [-0.3, -0.25) is 4.57 Å². The van der Waals surface area contributed by atoms with E-state index < -0.39 is 20.0 Å². The Morgan fingerprint density at radius 1 is 0.893 bits per heavy atom. The van der Waals surface area contributed by atoms with Crippen LogP contribution in [0.25, 0.3) is 0 Å². The quantitative estimate of drug-likeness (QED) is 0.178. The number of hydrogen-bond acceptors (Lipinski definition) is 6. The highest BCUT2D eigenvalue weighted by atomic mass is 31.2. The summed E-state index contributed by atoms with van der Waals surface area (Å²) in [5.74, 6) is 0. The van der Waals surface area contributed by atoms with E-state index in [1.54, 1.807) is 0 Å². The number of ether oxygens (including phenoxy) is 2. The zero-order valence-corrected chi connectivity index (χ0v) is 19.9. The number of hydrogen-bond donors (Lipinski definition) is 0. The van der Waals surface area contributed by atoms with Crippen molar-refractivity contribution < 1.29 is 32.5 Å². The van der Waals surface area contributed by atoms with E-state index in [9.17, 15) is 9.46 Å². The molecule has 0 saturated carbocycles. The SMILES string of the molecule is CCCCCOC[C@H](COP(=O)([O-])OC(CC)C[N+](C)(C)C)OCCCCC. The number of unbranched alkanes of at least 4 members (excludes halogenated alkanes) is 4. The van der Waals surface area contributed by atoms with Crippen molar-refractivity contribution in [3.8, 4) is 0 Å². The second kappa shape index (κ2) is 15.8. The molecule has 28 heavy (non-hydrogen) atoms. The van der Waals surface area contributed by atoms with Crippen molar-refractivity contribution in [2.75, 3.05) is 54.1 Å². The van der Waals surface area contributed by atoms with Gasteiger partial charge in [0.05, 0.1) is 34.4 Å². The van der Waals surface area contributed by atoms with Crippen LogP contribution in [0.15, 0.2) is 0 Å². The van der Waals surface area contributed by atoms with Crippen LogP contribution in [0.2, 0.25) is 0 Å². The minimum Gasteiger partial charge on any atom is -0.756 e. The molecule has 0 fully saturated rings. The van der Waals surface area contributed by atoms with Crippen molar-refractivity contribution in [2.45, 2.75) is 77.9 Å². The Morgan fingerprint density at radius 3 is 2.04 bits per heavy atom. The predicted octanol–water partition coefficient (Wildman–Crippen LogP) is 3.76. The van der Waals surface area contributed by atoms with Crippen molar-refractivity contribution in [3.63, 3.8) is 0 Å². The molecule has 0 aromatic rings. The molecule has 0 bridgehead atoms. The van der Waals surface area contributed by atoms with E-state index >= 15 is 0 Å². The predicted molar refractivity (Wildman–Crippen MR) is 111 cm³/mol. The first-order valence-corrected chi connectivity index (χ1v) is 12.2. The summed E-state index contributed by atoms with van der Waals surface area (Å²) in [6.07, 6.45) is 6.15. The Bertz CT molecular complexity index is 416. The standard InChI is InChI=1S/C20H44NO6P/c1-7-10-12-14-24-17-20(25-15-13-11-8-2)18-26-28(22,23)27-19(9-3)16-21(4,5)6/h19-20H,7-18H2,1-6H3/t19?,20-/m1/s1. The Morgan fingerprint density at radius 2 is 1.50 bits per heavy atom. The summed E-state index contributed by atoms with van der Waals surface area (Å²) in [6.45, 7) is 8.23. The molecule has 2 unspecified atom stereocenters. The molecule has 0 N–H and O–H groups in total. The molecule has 0 spiro atoms. The maximum Gasteiger partial charge on any atom is 0.268 e. The lowest BCUT2D eigenvalue weighted by atomic mass is 10.2. The average molecular weight is 426 g/mol. The summed E-state index contributed by atoms with van der Waals surface area (Å²) in [6, 6.07) is 0. The largest absolute Gasteiger partial charge is 0.756 e. The monoisotopic (exact) mass is 425 g/mol. The molecular weight excluding hydrogens is 381 g/mol. The number of phosphoric ester groups is 1. The van der Waals surface area contributed by atoms with Crippen LogP contribution in [-0.4, -0.2) is 70.8 Å². The average Bonchev–Trinajstić information content (AvgIpc) is 2.60. The summed E-state index contributed by atoms with van der Waals surface area (Å²) in [5, 5.41) is 0. The lowest BCUT2D eigenvalue weighted by Gasteiger charge is -2.33. The molecule has 8 heteroatoms. The van der Waals surface area contributed by atoms with Gasteiger partial charge in [-0.1, -0.05) is 46.5 Å². The molecule has 0 aliphatic carbocycles. The molecule has 170 valence electrons. The van der Waals surface area contributed by atoms with Crippen molar-refractivity contribution in [1.29, 1.82) is 0 Å². The summed E-state index contributed by atoms with van der Waals surface area (Å²) in [4.78, 5) is 12.3. The van der Waals surface area contributed by atoms with Crippen LogP contribution in [0.4, 0.5) is 0 Å². The van der Waals surface area contributed by atoms with E-state index in [2.05, 4.69) is 13.8 Å². The second-order valence-corrected chi connectivity index (χ2v) is 9.70. The zero-order valence-electron chi connectivity index (χ0n) is 19.0. The first-order chi connectivity index (χ1) is 13.1. The zero-order chi connectivity index (χ0) is 21.5. The Kier molecular flexibility index (Phi) is 15.8. The maximum absolute atomic E-state index is 12.3. The number of likely N-dealkylation sites (N-methyl/N-ethyl adjacent to an activating group) is 1. The second-order valence-electron chi connectivity index (χ2n) is 8.33. The molecule has 0 heterocycles. The van der Waals surface area contributed by atoms with E-state index in [1.807, 2.05) is 28.1 Å². The summed E-state index contributed by atoms with van der Waals surface area (Å²) in [5.41, 5.74) is 0.